The van der Waals surface area contributed by atoms with Crippen molar-refractivity contribution in [2.75, 3.05) is 16.8 Å². The summed E-state index contributed by atoms with van der Waals surface area (Å²) in [5.74, 6) is 1.56. The average molecular weight is 506 g/mol. The smallest absolute Gasteiger partial charge is 0.227 e. The summed E-state index contributed by atoms with van der Waals surface area (Å²) in [5, 5.41) is 3.29. The first-order chi connectivity index (χ1) is 17.5. The number of thiol groups is 1. The van der Waals surface area contributed by atoms with Crippen LogP contribution in [0, 0.1) is 0 Å². The molecular weight excluding hydrogens is 478 g/mol. The molecule has 0 bridgehead atoms. The van der Waals surface area contributed by atoms with Crippen LogP contribution in [0.5, 0.6) is 5.75 Å². The molecule has 1 aliphatic carbocycles. The van der Waals surface area contributed by atoms with Gasteiger partial charge in [-0.15, -0.1) is 0 Å². The average Bonchev–Trinajstić information content (AvgIpc) is 3.62. The first-order valence-electron chi connectivity index (χ1n) is 12.2. The molecule has 1 atom stereocenters. The van der Waals surface area contributed by atoms with Gasteiger partial charge in [-0.1, -0.05) is 0 Å². The molecule has 10 heteroatoms. The molecule has 2 aliphatic heterocycles. The van der Waals surface area contributed by atoms with Crippen LogP contribution < -0.4 is 15.0 Å². The third-order valence-electron chi connectivity index (χ3n) is 6.91. The molecule has 2 aromatic heterocycles. The highest BCUT2D eigenvalue weighted by molar-refractivity contribution is 7.69. The number of hydrogen-bond acceptors (Lipinski definition) is 7. The highest BCUT2D eigenvalue weighted by atomic mass is 32.2. The first-order valence-corrected chi connectivity index (χ1v) is 13.3. The maximum Gasteiger partial charge on any atom is 0.227 e. The standard InChI is InChI=1S/C26H27N5O4S/c1-16-22-11-25(29-18-9-17(12-27-13-18)15-31(36(33)34)19-4-5-19)28-14-23(22)21-7-6-20(10-24(21)35-16)30-8-2-3-26(30)32/h6-7,9-14,16,19,36H,2-5,8,15H2,1H3,(H,28,29). The zero-order chi connectivity index (χ0) is 24.8. The molecule has 6 rings (SSSR count). The lowest BCUT2D eigenvalue weighted by atomic mass is 9.94. The van der Waals surface area contributed by atoms with Crippen LogP contribution in [0.25, 0.3) is 11.1 Å². The predicted molar refractivity (Wildman–Crippen MR) is 137 cm³/mol. The van der Waals surface area contributed by atoms with E-state index in [1.165, 1.54) is 4.31 Å². The number of anilines is 3. The molecule has 1 N–H and O–H groups in total. The lowest BCUT2D eigenvalue weighted by Gasteiger charge is -2.28. The van der Waals surface area contributed by atoms with E-state index in [1.807, 2.05) is 48.4 Å². The van der Waals surface area contributed by atoms with E-state index >= 15 is 0 Å². The molecule has 3 aliphatic rings. The Labute approximate surface area is 211 Å². The van der Waals surface area contributed by atoms with Crippen LogP contribution in [0.3, 0.4) is 0 Å². The summed E-state index contributed by atoms with van der Waals surface area (Å²) in [6.45, 7) is 3.05. The van der Waals surface area contributed by atoms with Crippen LogP contribution in [0.15, 0.2) is 48.9 Å². The van der Waals surface area contributed by atoms with Crippen molar-refractivity contribution in [1.82, 2.24) is 14.3 Å². The van der Waals surface area contributed by atoms with E-state index in [1.54, 1.807) is 12.4 Å². The number of hydrogen-bond donors (Lipinski definition) is 2. The van der Waals surface area contributed by atoms with Gasteiger partial charge in [0, 0.05) is 66.4 Å². The van der Waals surface area contributed by atoms with Crippen LogP contribution in [0.2, 0.25) is 0 Å². The molecule has 9 nitrogen and oxygen atoms in total. The Morgan fingerprint density at radius 1 is 1.14 bits per heavy atom. The maximum atomic E-state index is 12.2. The maximum absolute atomic E-state index is 12.2. The molecule has 1 unspecified atom stereocenters. The third kappa shape index (κ3) is 4.42. The Morgan fingerprint density at radius 3 is 2.75 bits per heavy atom. The zero-order valence-electron chi connectivity index (χ0n) is 19.9. The molecule has 1 amide bonds. The van der Waals surface area contributed by atoms with Gasteiger partial charge in [0.2, 0.25) is 16.8 Å². The predicted octanol–water partition coefficient (Wildman–Crippen LogP) is 3.96. The molecule has 0 radical (unpaired) electrons. The van der Waals surface area contributed by atoms with E-state index in [-0.39, 0.29) is 18.1 Å². The number of amides is 1. The van der Waals surface area contributed by atoms with Gasteiger partial charge in [-0.3, -0.25) is 9.78 Å². The van der Waals surface area contributed by atoms with Crippen LogP contribution in [0.1, 0.15) is 49.8 Å². The minimum absolute atomic E-state index is 0.112. The summed E-state index contributed by atoms with van der Waals surface area (Å²) in [6, 6.07) is 9.89. The van der Waals surface area contributed by atoms with Gasteiger partial charge in [0.05, 0.1) is 11.9 Å². The SMILES string of the molecule is CC1Oc2cc(N3CCCC3=O)ccc2-c2cnc(Nc3cncc(CN(C4CC4)[SH](=O)=O)c3)cc21. The highest BCUT2D eigenvalue weighted by Crippen LogP contribution is 2.44. The van der Waals surface area contributed by atoms with Crippen LogP contribution in [0.4, 0.5) is 17.2 Å². The summed E-state index contributed by atoms with van der Waals surface area (Å²) in [6.07, 6.45) is 8.33. The Balaban J connectivity index is 1.23. The van der Waals surface area contributed by atoms with Crippen molar-refractivity contribution in [2.45, 2.75) is 51.3 Å². The Kier molecular flexibility index (Phi) is 5.85. The minimum Gasteiger partial charge on any atom is -0.485 e. The van der Waals surface area contributed by atoms with Crippen molar-refractivity contribution < 1.29 is 17.9 Å². The van der Waals surface area contributed by atoms with Crippen molar-refractivity contribution in [3.05, 3.63) is 60.0 Å². The van der Waals surface area contributed by atoms with Crippen molar-refractivity contribution >= 4 is 34.0 Å². The molecule has 1 saturated heterocycles. The molecule has 2 fully saturated rings. The lowest BCUT2D eigenvalue weighted by molar-refractivity contribution is -0.117. The quantitative estimate of drug-likeness (QED) is 0.469. The Hall–Kier alpha value is -3.50. The second-order valence-corrected chi connectivity index (χ2v) is 10.5. The highest BCUT2D eigenvalue weighted by Gasteiger charge is 2.31. The van der Waals surface area contributed by atoms with Crippen molar-refractivity contribution in [3.8, 4) is 16.9 Å². The first kappa shape index (κ1) is 22.9. The van der Waals surface area contributed by atoms with Gasteiger partial charge < -0.3 is 15.0 Å². The summed E-state index contributed by atoms with van der Waals surface area (Å²) in [4.78, 5) is 22.9. The van der Waals surface area contributed by atoms with E-state index in [0.29, 0.717) is 18.8 Å². The van der Waals surface area contributed by atoms with E-state index in [9.17, 15) is 13.2 Å². The van der Waals surface area contributed by atoms with E-state index in [0.717, 1.165) is 65.2 Å². The van der Waals surface area contributed by atoms with E-state index < -0.39 is 10.9 Å². The molecule has 0 spiro atoms. The van der Waals surface area contributed by atoms with Crippen LogP contribution in [-0.4, -0.2) is 41.2 Å². The lowest BCUT2D eigenvalue weighted by Crippen LogP contribution is -2.24. The number of aromatic nitrogens is 2. The molecule has 1 saturated carbocycles. The van der Waals surface area contributed by atoms with Gasteiger partial charge in [0.1, 0.15) is 17.7 Å². The molecule has 4 heterocycles. The summed E-state index contributed by atoms with van der Waals surface area (Å²) in [7, 11) is -2.62. The number of ether oxygens (including phenoxy) is 1. The fourth-order valence-corrected chi connectivity index (χ4v) is 5.72. The number of nitrogens with zero attached hydrogens (tertiary/aromatic N) is 4. The van der Waals surface area contributed by atoms with Crippen LogP contribution in [-0.2, 0) is 22.2 Å². The number of pyridine rings is 2. The van der Waals surface area contributed by atoms with Gasteiger partial charge in [0.25, 0.3) is 0 Å². The molecule has 3 aromatic rings. The summed E-state index contributed by atoms with van der Waals surface area (Å²) in [5.41, 5.74) is 5.39. The van der Waals surface area contributed by atoms with Gasteiger partial charge in [-0.05, 0) is 56.0 Å². The molecule has 36 heavy (non-hydrogen) atoms. The number of carbonyl (C=O) groups is 1. The second kappa shape index (κ2) is 9.18. The van der Waals surface area contributed by atoms with Gasteiger partial charge in [-0.25, -0.2) is 13.4 Å². The molecule has 186 valence electrons. The van der Waals surface area contributed by atoms with E-state index in [2.05, 4.69) is 15.3 Å². The van der Waals surface area contributed by atoms with E-state index in [4.69, 9.17) is 4.74 Å². The number of benzene rings is 1. The van der Waals surface area contributed by atoms with Crippen LogP contribution >= 0.6 is 0 Å². The van der Waals surface area contributed by atoms with Gasteiger partial charge >= 0.3 is 0 Å². The third-order valence-corrected chi connectivity index (χ3v) is 7.80. The van der Waals surface area contributed by atoms with Gasteiger partial charge in [-0.2, -0.15) is 4.31 Å². The van der Waals surface area contributed by atoms with Gasteiger partial charge in [0.15, 0.2) is 0 Å². The summed E-state index contributed by atoms with van der Waals surface area (Å²) < 4.78 is 31.0. The second-order valence-electron chi connectivity index (χ2n) is 9.52. The fraction of sp³-hybridized carbons (Fsp3) is 0.346. The topological polar surface area (TPSA) is 105 Å². The van der Waals surface area contributed by atoms with Crippen molar-refractivity contribution in [2.24, 2.45) is 0 Å². The number of rotatable bonds is 7. The molecular formula is C26H27N5O4S. The largest absolute Gasteiger partial charge is 0.485 e. The fourth-order valence-electron chi connectivity index (χ4n) is 4.94. The number of fused-ring (bicyclic) bond motifs is 3. The zero-order valence-corrected chi connectivity index (χ0v) is 20.8. The van der Waals surface area contributed by atoms with Crippen molar-refractivity contribution in [3.63, 3.8) is 0 Å². The van der Waals surface area contributed by atoms with Crippen molar-refractivity contribution in [1.29, 1.82) is 0 Å². The number of carbonyl (C=O) groups excluding carboxylic acids is 1. The minimum atomic E-state index is -2.62. The summed E-state index contributed by atoms with van der Waals surface area (Å²) >= 11 is 0. The molecule has 1 aromatic carbocycles. The number of nitrogens with one attached hydrogen (secondary N) is 1. The monoisotopic (exact) mass is 505 g/mol. The Morgan fingerprint density at radius 2 is 2.00 bits per heavy atom. The Bertz CT molecular complexity index is 1410. The normalized spacial score (nSPS) is 18.8.